The van der Waals surface area contributed by atoms with E-state index in [0.717, 1.165) is 69.2 Å². The number of aryl methyl sites for hydroxylation is 2. The van der Waals surface area contributed by atoms with E-state index in [-0.39, 0.29) is 5.91 Å². The maximum absolute atomic E-state index is 12.1. The molecule has 3 heterocycles. The molecule has 5 rings (SSSR count). The fourth-order valence-corrected chi connectivity index (χ4v) is 4.68. The van der Waals surface area contributed by atoms with Gasteiger partial charge in [-0.25, -0.2) is 9.97 Å². The maximum atomic E-state index is 12.1. The molecule has 2 aromatic rings. The van der Waals surface area contributed by atoms with Crippen LogP contribution in [0.4, 0.5) is 5.82 Å². The number of primary amides is 1. The Balaban J connectivity index is 1.43. The highest BCUT2D eigenvalue weighted by Crippen LogP contribution is 2.35. The summed E-state index contributed by atoms with van der Waals surface area (Å²) in [5.74, 6) is 2.81. The van der Waals surface area contributed by atoms with E-state index in [0.29, 0.717) is 11.5 Å². The Morgan fingerprint density at radius 3 is 2.93 bits per heavy atom. The van der Waals surface area contributed by atoms with Crippen molar-refractivity contribution in [3.05, 3.63) is 41.1 Å². The lowest BCUT2D eigenvalue weighted by Gasteiger charge is -2.34. The molecule has 2 N–H and O–H groups in total. The molecule has 1 amide bonds. The Hall–Kier alpha value is -2.37. The number of nitrogens with zero attached hydrogens (tertiary/aromatic N) is 4. The van der Waals surface area contributed by atoms with E-state index in [1.54, 1.807) is 0 Å². The van der Waals surface area contributed by atoms with Gasteiger partial charge in [0.1, 0.15) is 11.6 Å². The minimum Gasteiger partial charge on any atom is -0.365 e. The number of piperidine rings is 1. The number of anilines is 1. The topological polar surface area (TPSA) is 77.0 Å². The Bertz CT molecular complexity index is 869. The number of aromatic nitrogens is 3. The number of carbonyl (C=O) groups is 1. The van der Waals surface area contributed by atoms with Crippen molar-refractivity contribution in [2.45, 2.75) is 57.4 Å². The Morgan fingerprint density at radius 1 is 1.22 bits per heavy atom. The number of imidazole rings is 1. The molecule has 1 aliphatic heterocycles. The highest BCUT2D eigenvalue weighted by Gasteiger charge is 2.30. The van der Waals surface area contributed by atoms with Gasteiger partial charge in [-0.1, -0.05) is 0 Å². The van der Waals surface area contributed by atoms with Gasteiger partial charge in [0, 0.05) is 43.6 Å². The van der Waals surface area contributed by atoms with Gasteiger partial charge in [0.25, 0.3) is 5.91 Å². The van der Waals surface area contributed by atoms with Gasteiger partial charge in [0.05, 0.1) is 5.56 Å². The molecule has 1 saturated heterocycles. The molecule has 6 heteroatoms. The first-order valence-electron chi connectivity index (χ1n) is 10.3. The third-order valence-corrected chi connectivity index (χ3v) is 6.28. The normalized spacial score (nSPS) is 22.1. The van der Waals surface area contributed by atoms with Crippen LogP contribution in [0.1, 0.15) is 65.5 Å². The van der Waals surface area contributed by atoms with Crippen molar-refractivity contribution in [2.75, 3.05) is 18.0 Å². The largest absolute Gasteiger partial charge is 0.365 e. The highest BCUT2D eigenvalue weighted by atomic mass is 16.1. The van der Waals surface area contributed by atoms with Crippen LogP contribution < -0.4 is 10.6 Å². The quantitative estimate of drug-likeness (QED) is 0.884. The van der Waals surface area contributed by atoms with E-state index in [1.807, 2.05) is 12.3 Å². The molecule has 0 spiro atoms. The molecule has 0 bridgehead atoms. The molecule has 6 nitrogen and oxygen atoms in total. The van der Waals surface area contributed by atoms with Crippen molar-refractivity contribution in [1.29, 1.82) is 0 Å². The van der Waals surface area contributed by atoms with Crippen LogP contribution in [-0.2, 0) is 19.4 Å². The van der Waals surface area contributed by atoms with Crippen molar-refractivity contribution >= 4 is 11.7 Å². The van der Waals surface area contributed by atoms with Crippen LogP contribution in [0.3, 0.4) is 0 Å². The van der Waals surface area contributed by atoms with E-state index >= 15 is 0 Å². The van der Waals surface area contributed by atoms with Gasteiger partial charge in [-0.3, -0.25) is 4.79 Å². The van der Waals surface area contributed by atoms with Gasteiger partial charge in [0.15, 0.2) is 0 Å². The van der Waals surface area contributed by atoms with E-state index in [4.69, 9.17) is 10.7 Å². The van der Waals surface area contributed by atoms with Crippen LogP contribution in [0.25, 0.3) is 0 Å². The predicted molar refractivity (Wildman–Crippen MR) is 104 cm³/mol. The number of hydrogen-bond acceptors (Lipinski definition) is 4. The molecule has 142 valence electrons. The number of amides is 1. The summed E-state index contributed by atoms with van der Waals surface area (Å²) in [5, 5.41) is 0. The monoisotopic (exact) mass is 365 g/mol. The van der Waals surface area contributed by atoms with Crippen molar-refractivity contribution in [3.63, 3.8) is 0 Å². The smallest absolute Gasteiger partial charge is 0.252 e. The van der Waals surface area contributed by atoms with Gasteiger partial charge < -0.3 is 15.2 Å². The fraction of sp³-hybridized carbons (Fsp3) is 0.571. The third-order valence-electron chi connectivity index (χ3n) is 6.28. The lowest BCUT2D eigenvalue weighted by Crippen LogP contribution is -2.37. The van der Waals surface area contributed by atoms with Crippen molar-refractivity contribution in [1.82, 2.24) is 14.5 Å². The van der Waals surface area contributed by atoms with Crippen molar-refractivity contribution in [3.8, 4) is 0 Å². The number of hydrogen-bond donors (Lipinski definition) is 1. The summed E-state index contributed by atoms with van der Waals surface area (Å²) in [7, 11) is 0. The lowest BCUT2D eigenvalue weighted by molar-refractivity contribution is 0.1000. The SMILES string of the molecule is NC(=O)c1cc2c(nc1N1CCC[C@@H](c3nccn3CC3CC3)C1)CCC2. The first-order chi connectivity index (χ1) is 13.2. The van der Waals surface area contributed by atoms with Gasteiger partial charge in [-0.2, -0.15) is 0 Å². The molecule has 2 fully saturated rings. The van der Waals surface area contributed by atoms with E-state index in [2.05, 4.69) is 20.6 Å². The summed E-state index contributed by atoms with van der Waals surface area (Å²) in [4.78, 5) is 23.9. The Kier molecular flexibility index (Phi) is 4.14. The van der Waals surface area contributed by atoms with E-state index in [1.165, 1.54) is 24.2 Å². The standard InChI is InChI=1S/C21H27N5O/c22-19(27)17-11-15-3-1-5-18(15)24-21(17)25-9-2-4-16(13-25)20-23-8-10-26(20)12-14-6-7-14/h8,10-11,14,16H,1-7,9,12-13H2,(H2,22,27)/t16-/m1/s1. The fourth-order valence-electron chi connectivity index (χ4n) is 4.68. The maximum Gasteiger partial charge on any atom is 0.252 e. The van der Waals surface area contributed by atoms with Crippen LogP contribution in [-0.4, -0.2) is 33.5 Å². The Morgan fingerprint density at radius 2 is 2.11 bits per heavy atom. The molecule has 27 heavy (non-hydrogen) atoms. The summed E-state index contributed by atoms with van der Waals surface area (Å²) in [6.07, 6.45) is 12.1. The Labute approximate surface area is 159 Å². The molecule has 0 unspecified atom stereocenters. The number of rotatable bonds is 5. The highest BCUT2D eigenvalue weighted by molar-refractivity contribution is 5.98. The number of nitrogens with two attached hydrogens (primary N) is 1. The van der Waals surface area contributed by atoms with Crippen LogP contribution >= 0.6 is 0 Å². The van der Waals surface area contributed by atoms with Gasteiger partial charge in [0.2, 0.25) is 0 Å². The molecule has 2 aromatic heterocycles. The van der Waals surface area contributed by atoms with Gasteiger partial charge in [-0.05, 0) is 62.5 Å². The van der Waals surface area contributed by atoms with Crippen LogP contribution in [0.15, 0.2) is 18.5 Å². The molecular formula is C21H27N5O. The minimum atomic E-state index is -0.371. The summed E-state index contributed by atoms with van der Waals surface area (Å²) in [6.45, 7) is 2.87. The van der Waals surface area contributed by atoms with E-state index < -0.39 is 0 Å². The number of pyridine rings is 1. The third kappa shape index (κ3) is 3.22. The zero-order chi connectivity index (χ0) is 18.4. The van der Waals surface area contributed by atoms with Crippen molar-refractivity contribution in [2.24, 2.45) is 11.7 Å². The van der Waals surface area contributed by atoms with E-state index in [9.17, 15) is 4.79 Å². The molecule has 1 saturated carbocycles. The summed E-state index contributed by atoms with van der Waals surface area (Å²) in [6, 6.07) is 1.99. The summed E-state index contributed by atoms with van der Waals surface area (Å²) < 4.78 is 2.34. The molecule has 0 aromatic carbocycles. The molecule has 3 aliphatic rings. The first kappa shape index (κ1) is 16.8. The van der Waals surface area contributed by atoms with Gasteiger partial charge in [-0.15, -0.1) is 0 Å². The zero-order valence-corrected chi connectivity index (χ0v) is 15.7. The zero-order valence-electron chi connectivity index (χ0n) is 15.7. The second-order valence-electron chi connectivity index (χ2n) is 8.35. The summed E-state index contributed by atoms with van der Waals surface area (Å²) in [5.41, 5.74) is 8.63. The average Bonchev–Trinajstić information content (AvgIpc) is 3.17. The van der Waals surface area contributed by atoms with Crippen LogP contribution in [0, 0.1) is 5.92 Å². The second-order valence-corrected chi connectivity index (χ2v) is 8.35. The van der Waals surface area contributed by atoms with Gasteiger partial charge >= 0.3 is 0 Å². The minimum absolute atomic E-state index is 0.371. The lowest BCUT2D eigenvalue weighted by atomic mass is 9.96. The predicted octanol–water partition coefficient (Wildman–Crippen LogP) is 2.66. The molecule has 1 atom stereocenters. The second kappa shape index (κ2) is 6.66. The molecule has 0 radical (unpaired) electrons. The van der Waals surface area contributed by atoms with Crippen molar-refractivity contribution < 1.29 is 4.79 Å². The number of fused-ring (bicyclic) bond motifs is 1. The summed E-state index contributed by atoms with van der Waals surface area (Å²) >= 11 is 0. The number of carbonyl (C=O) groups excluding carboxylic acids is 1. The average molecular weight is 365 g/mol. The molecule has 2 aliphatic carbocycles. The van der Waals surface area contributed by atoms with Crippen LogP contribution in [0.5, 0.6) is 0 Å². The van der Waals surface area contributed by atoms with Crippen LogP contribution in [0.2, 0.25) is 0 Å². The first-order valence-corrected chi connectivity index (χ1v) is 10.3. The molecular weight excluding hydrogens is 338 g/mol.